The maximum Gasteiger partial charge on any atom is 0.433 e. The van der Waals surface area contributed by atoms with E-state index in [0.29, 0.717) is 33.6 Å². The molecule has 0 radical (unpaired) electrons. The van der Waals surface area contributed by atoms with Crippen molar-refractivity contribution in [2.75, 3.05) is 5.32 Å². The fourth-order valence-corrected chi connectivity index (χ4v) is 4.41. The number of hydrogen-bond acceptors (Lipinski definition) is 3. The summed E-state index contributed by atoms with van der Waals surface area (Å²) in [5.74, 6) is -0.245. The first-order valence-corrected chi connectivity index (χ1v) is 10.9. The SMILES string of the molecule is Cc1ccc2nc(C(F)(F)F)cc(N[C@H]3CCCC(NC(=O)c4ccccc4Cl)C3)c2c1. The molecule has 1 fully saturated rings. The summed E-state index contributed by atoms with van der Waals surface area (Å²) in [5, 5.41) is 7.35. The monoisotopic (exact) mass is 461 g/mol. The molecule has 0 bridgehead atoms. The Balaban J connectivity index is 1.54. The summed E-state index contributed by atoms with van der Waals surface area (Å²) in [5.41, 5.74) is 1.14. The number of rotatable bonds is 4. The van der Waals surface area contributed by atoms with E-state index in [1.807, 2.05) is 13.0 Å². The second kappa shape index (κ2) is 8.98. The molecule has 2 N–H and O–H groups in total. The Morgan fingerprint density at radius 3 is 2.59 bits per heavy atom. The molecule has 4 nitrogen and oxygen atoms in total. The van der Waals surface area contributed by atoms with E-state index >= 15 is 0 Å². The average Bonchev–Trinajstić information content (AvgIpc) is 2.74. The van der Waals surface area contributed by atoms with Crippen LogP contribution in [0, 0.1) is 6.92 Å². The third-order valence-electron chi connectivity index (χ3n) is 5.74. The van der Waals surface area contributed by atoms with Crippen LogP contribution in [0.25, 0.3) is 10.9 Å². The Labute approximate surface area is 189 Å². The molecule has 1 unspecified atom stereocenters. The maximum absolute atomic E-state index is 13.4. The van der Waals surface area contributed by atoms with E-state index in [-0.39, 0.29) is 18.0 Å². The molecule has 1 saturated carbocycles. The van der Waals surface area contributed by atoms with Gasteiger partial charge in [0.25, 0.3) is 5.91 Å². The molecular formula is C24H23ClF3N3O. The number of nitrogens with zero attached hydrogens (tertiary/aromatic N) is 1. The van der Waals surface area contributed by atoms with Gasteiger partial charge < -0.3 is 10.6 Å². The van der Waals surface area contributed by atoms with E-state index in [1.165, 1.54) is 0 Å². The third kappa shape index (κ3) is 4.99. The second-order valence-corrected chi connectivity index (χ2v) is 8.64. The zero-order valence-corrected chi connectivity index (χ0v) is 18.2. The van der Waals surface area contributed by atoms with Crippen LogP contribution in [0.2, 0.25) is 5.02 Å². The first-order valence-electron chi connectivity index (χ1n) is 10.5. The minimum atomic E-state index is -4.53. The lowest BCUT2D eigenvalue weighted by atomic mass is 9.90. The lowest BCUT2D eigenvalue weighted by molar-refractivity contribution is -0.140. The number of hydrogen-bond donors (Lipinski definition) is 2. The van der Waals surface area contributed by atoms with Gasteiger partial charge in [-0.05, 0) is 62.9 Å². The van der Waals surface area contributed by atoms with Crippen LogP contribution >= 0.6 is 11.6 Å². The molecule has 4 rings (SSSR count). The van der Waals surface area contributed by atoms with Gasteiger partial charge in [-0.25, -0.2) is 4.98 Å². The van der Waals surface area contributed by atoms with Gasteiger partial charge in [0.05, 0.1) is 16.1 Å². The normalized spacial score (nSPS) is 19.0. The van der Waals surface area contributed by atoms with E-state index in [9.17, 15) is 18.0 Å². The highest BCUT2D eigenvalue weighted by Crippen LogP contribution is 2.34. The van der Waals surface area contributed by atoms with Gasteiger partial charge in [-0.15, -0.1) is 0 Å². The molecule has 1 aromatic heterocycles. The molecule has 2 aromatic carbocycles. The minimum absolute atomic E-state index is 0.0764. The number of aromatic nitrogens is 1. The van der Waals surface area contributed by atoms with E-state index in [2.05, 4.69) is 15.6 Å². The summed E-state index contributed by atoms with van der Waals surface area (Å²) >= 11 is 6.12. The van der Waals surface area contributed by atoms with Gasteiger partial charge in [0, 0.05) is 23.2 Å². The Morgan fingerprint density at radius 2 is 1.84 bits per heavy atom. The fraction of sp³-hybridized carbons (Fsp3) is 0.333. The summed E-state index contributed by atoms with van der Waals surface area (Å²) in [7, 11) is 0. The van der Waals surface area contributed by atoms with Gasteiger partial charge >= 0.3 is 6.18 Å². The predicted octanol–water partition coefficient (Wildman–Crippen LogP) is 6.37. The number of anilines is 1. The highest BCUT2D eigenvalue weighted by molar-refractivity contribution is 6.33. The number of nitrogens with one attached hydrogen (secondary N) is 2. The summed E-state index contributed by atoms with van der Waals surface area (Å²) < 4.78 is 40.2. The Morgan fingerprint density at radius 1 is 1.09 bits per heavy atom. The zero-order chi connectivity index (χ0) is 22.9. The largest absolute Gasteiger partial charge is 0.433 e. The molecule has 0 aliphatic heterocycles. The molecule has 3 aromatic rings. The van der Waals surface area contributed by atoms with Crippen LogP contribution in [0.3, 0.4) is 0 Å². The number of carbonyl (C=O) groups excluding carboxylic acids is 1. The van der Waals surface area contributed by atoms with Crippen molar-refractivity contribution in [3.8, 4) is 0 Å². The van der Waals surface area contributed by atoms with Crippen molar-refractivity contribution < 1.29 is 18.0 Å². The first-order chi connectivity index (χ1) is 15.2. The molecular weight excluding hydrogens is 439 g/mol. The summed E-state index contributed by atoms with van der Waals surface area (Å²) in [4.78, 5) is 16.4. The van der Waals surface area contributed by atoms with Crippen LogP contribution in [-0.2, 0) is 6.18 Å². The van der Waals surface area contributed by atoms with Gasteiger partial charge in [0.1, 0.15) is 5.69 Å². The van der Waals surface area contributed by atoms with Gasteiger partial charge in [-0.1, -0.05) is 35.4 Å². The van der Waals surface area contributed by atoms with Crippen molar-refractivity contribution in [2.24, 2.45) is 0 Å². The van der Waals surface area contributed by atoms with Crippen molar-refractivity contribution in [3.63, 3.8) is 0 Å². The lowest BCUT2D eigenvalue weighted by Gasteiger charge is -2.31. The second-order valence-electron chi connectivity index (χ2n) is 8.23. The van der Waals surface area contributed by atoms with Crippen LogP contribution in [0.1, 0.15) is 47.3 Å². The van der Waals surface area contributed by atoms with Crippen molar-refractivity contribution in [1.29, 1.82) is 0 Å². The Hall–Kier alpha value is -2.80. The van der Waals surface area contributed by atoms with E-state index < -0.39 is 11.9 Å². The van der Waals surface area contributed by atoms with Crippen molar-refractivity contribution in [1.82, 2.24) is 10.3 Å². The Kier molecular flexibility index (Phi) is 6.29. The number of pyridine rings is 1. The average molecular weight is 462 g/mol. The van der Waals surface area contributed by atoms with Crippen molar-refractivity contribution in [2.45, 2.75) is 50.9 Å². The van der Waals surface area contributed by atoms with E-state index in [0.717, 1.165) is 30.9 Å². The van der Waals surface area contributed by atoms with Gasteiger partial charge in [0.2, 0.25) is 0 Å². The molecule has 168 valence electrons. The van der Waals surface area contributed by atoms with Crippen molar-refractivity contribution >= 4 is 34.1 Å². The van der Waals surface area contributed by atoms with Gasteiger partial charge in [-0.2, -0.15) is 13.2 Å². The Bertz CT molecular complexity index is 1150. The van der Waals surface area contributed by atoms with E-state index in [1.54, 1.807) is 36.4 Å². The molecule has 1 heterocycles. The topological polar surface area (TPSA) is 54.0 Å². The van der Waals surface area contributed by atoms with Crippen LogP contribution in [0.4, 0.5) is 18.9 Å². The van der Waals surface area contributed by atoms with Gasteiger partial charge in [0.15, 0.2) is 0 Å². The highest BCUT2D eigenvalue weighted by atomic mass is 35.5. The molecule has 2 atom stereocenters. The number of fused-ring (bicyclic) bond motifs is 1. The number of aryl methyl sites for hydroxylation is 1. The maximum atomic E-state index is 13.4. The number of carbonyl (C=O) groups is 1. The number of amides is 1. The zero-order valence-electron chi connectivity index (χ0n) is 17.5. The molecule has 8 heteroatoms. The smallest absolute Gasteiger partial charge is 0.382 e. The predicted molar refractivity (Wildman–Crippen MR) is 120 cm³/mol. The molecule has 1 amide bonds. The lowest BCUT2D eigenvalue weighted by Crippen LogP contribution is -2.42. The summed E-state index contributed by atoms with van der Waals surface area (Å²) in [6.07, 6.45) is -1.48. The highest BCUT2D eigenvalue weighted by Gasteiger charge is 2.34. The molecule has 0 spiro atoms. The number of halogens is 4. The number of benzene rings is 2. The van der Waals surface area contributed by atoms with E-state index in [4.69, 9.17) is 11.6 Å². The minimum Gasteiger partial charge on any atom is -0.382 e. The van der Waals surface area contributed by atoms with Crippen LogP contribution in [0.5, 0.6) is 0 Å². The summed E-state index contributed by atoms with van der Waals surface area (Å²) in [6.45, 7) is 1.89. The quantitative estimate of drug-likeness (QED) is 0.474. The fourth-order valence-electron chi connectivity index (χ4n) is 4.18. The molecule has 1 aliphatic carbocycles. The molecule has 32 heavy (non-hydrogen) atoms. The van der Waals surface area contributed by atoms with Gasteiger partial charge in [-0.3, -0.25) is 4.79 Å². The number of alkyl halides is 3. The first kappa shape index (κ1) is 22.4. The standard InChI is InChI=1S/C24H23ClF3N3O/c1-14-9-10-20-18(11-14)21(13-22(31-20)24(26,27)28)29-15-5-4-6-16(12-15)30-23(32)17-7-2-3-8-19(17)25/h2-3,7-11,13,15-16H,4-6,12H2,1H3,(H,29,31)(H,30,32)/t15-,16?/m0/s1. The van der Waals surface area contributed by atoms with Crippen LogP contribution < -0.4 is 10.6 Å². The van der Waals surface area contributed by atoms with Crippen LogP contribution in [-0.4, -0.2) is 23.0 Å². The molecule has 1 aliphatic rings. The van der Waals surface area contributed by atoms with Crippen molar-refractivity contribution in [3.05, 3.63) is 70.4 Å². The van der Waals surface area contributed by atoms with Crippen LogP contribution in [0.15, 0.2) is 48.5 Å². The third-order valence-corrected chi connectivity index (χ3v) is 6.07. The molecule has 0 saturated heterocycles. The summed E-state index contributed by atoms with van der Waals surface area (Å²) in [6, 6.07) is 12.9.